The normalized spacial score (nSPS) is 10.5. The molecule has 0 fully saturated rings. The summed E-state index contributed by atoms with van der Waals surface area (Å²) in [4.78, 5) is 10.6. The molecule has 138 valence electrons. The summed E-state index contributed by atoms with van der Waals surface area (Å²) in [5, 5.41) is 11.0. The van der Waals surface area contributed by atoms with E-state index in [1.807, 2.05) is 0 Å². The zero-order chi connectivity index (χ0) is 19.6. The number of non-ortho nitro benzene ring substituents is 1. The fourth-order valence-corrected chi connectivity index (χ4v) is 2.94. The molecule has 0 heterocycles. The van der Waals surface area contributed by atoms with Gasteiger partial charge in [0.05, 0.1) is 12.0 Å². The van der Waals surface area contributed by atoms with Crippen molar-refractivity contribution in [1.29, 1.82) is 0 Å². The highest BCUT2D eigenvalue weighted by molar-refractivity contribution is 5.72. The van der Waals surface area contributed by atoms with Crippen molar-refractivity contribution in [2.75, 3.05) is 7.11 Å². The van der Waals surface area contributed by atoms with E-state index in [0.717, 1.165) is 0 Å². The standard InChI is InChI=1S/C21H18FNO4/c1-13-9-17(23(24)25)10-14(2)21(13)27-18-7-8-20(26-3)19(12-18)15-5-4-6-16(22)11-15/h4-12H,1-3H3. The second-order valence-electron chi connectivity index (χ2n) is 6.14. The zero-order valence-electron chi connectivity index (χ0n) is 15.2. The maximum Gasteiger partial charge on any atom is 0.270 e. The van der Waals surface area contributed by atoms with Crippen LogP contribution in [0.3, 0.4) is 0 Å². The van der Waals surface area contributed by atoms with Gasteiger partial charge in [-0.3, -0.25) is 10.1 Å². The minimum atomic E-state index is -0.431. The van der Waals surface area contributed by atoms with E-state index in [1.165, 1.54) is 24.3 Å². The molecule has 27 heavy (non-hydrogen) atoms. The van der Waals surface area contributed by atoms with E-state index in [0.29, 0.717) is 39.5 Å². The Bertz CT molecular complexity index is 994. The molecule has 3 aromatic rings. The van der Waals surface area contributed by atoms with Crippen molar-refractivity contribution in [3.05, 3.63) is 81.7 Å². The number of ether oxygens (including phenoxy) is 2. The lowest BCUT2D eigenvalue weighted by Crippen LogP contribution is -1.96. The highest BCUT2D eigenvalue weighted by atomic mass is 19.1. The maximum absolute atomic E-state index is 13.6. The molecular weight excluding hydrogens is 349 g/mol. The van der Waals surface area contributed by atoms with E-state index in [9.17, 15) is 14.5 Å². The molecule has 0 aliphatic rings. The van der Waals surface area contributed by atoms with Crippen molar-refractivity contribution in [3.63, 3.8) is 0 Å². The van der Waals surface area contributed by atoms with Crippen LogP contribution in [0.1, 0.15) is 11.1 Å². The number of rotatable bonds is 5. The van der Waals surface area contributed by atoms with Gasteiger partial charge in [-0.05, 0) is 60.9 Å². The monoisotopic (exact) mass is 367 g/mol. The Morgan fingerprint density at radius 1 is 1.00 bits per heavy atom. The van der Waals surface area contributed by atoms with E-state index < -0.39 is 4.92 Å². The number of nitro benzene ring substituents is 1. The average Bonchev–Trinajstić information content (AvgIpc) is 2.64. The van der Waals surface area contributed by atoms with Crippen LogP contribution in [0.25, 0.3) is 11.1 Å². The molecule has 0 N–H and O–H groups in total. The number of methoxy groups -OCH3 is 1. The molecule has 0 aromatic heterocycles. The first-order valence-electron chi connectivity index (χ1n) is 8.26. The molecule has 0 unspecified atom stereocenters. The highest BCUT2D eigenvalue weighted by Crippen LogP contribution is 2.37. The van der Waals surface area contributed by atoms with Crippen LogP contribution in [0.5, 0.6) is 17.2 Å². The van der Waals surface area contributed by atoms with Gasteiger partial charge in [0.15, 0.2) is 0 Å². The van der Waals surface area contributed by atoms with Gasteiger partial charge < -0.3 is 9.47 Å². The van der Waals surface area contributed by atoms with Gasteiger partial charge >= 0.3 is 0 Å². The molecule has 0 saturated carbocycles. The summed E-state index contributed by atoms with van der Waals surface area (Å²) in [5.74, 6) is 1.32. The number of nitrogens with zero attached hydrogens (tertiary/aromatic N) is 1. The molecule has 3 rings (SSSR count). The Hall–Kier alpha value is -3.41. The van der Waals surface area contributed by atoms with E-state index >= 15 is 0 Å². The van der Waals surface area contributed by atoms with Gasteiger partial charge in [-0.1, -0.05) is 12.1 Å². The second kappa shape index (κ2) is 7.45. The van der Waals surface area contributed by atoms with Gasteiger partial charge in [0.2, 0.25) is 0 Å². The van der Waals surface area contributed by atoms with Crippen LogP contribution in [-0.4, -0.2) is 12.0 Å². The third-order valence-corrected chi connectivity index (χ3v) is 4.18. The number of halogens is 1. The first kappa shape index (κ1) is 18.4. The van der Waals surface area contributed by atoms with E-state index in [2.05, 4.69) is 0 Å². The second-order valence-corrected chi connectivity index (χ2v) is 6.14. The van der Waals surface area contributed by atoms with Crippen LogP contribution in [0, 0.1) is 29.8 Å². The zero-order valence-corrected chi connectivity index (χ0v) is 15.2. The first-order valence-corrected chi connectivity index (χ1v) is 8.26. The molecule has 0 radical (unpaired) electrons. The quantitative estimate of drug-likeness (QED) is 0.421. The molecule has 0 atom stereocenters. The van der Waals surface area contributed by atoms with Crippen molar-refractivity contribution >= 4 is 5.69 Å². The molecule has 0 spiro atoms. The third-order valence-electron chi connectivity index (χ3n) is 4.18. The first-order chi connectivity index (χ1) is 12.9. The van der Waals surface area contributed by atoms with Gasteiger partial charge in [-0.15, -0.1) is 0 Å². The lowest BCUT2D eigenvalue weighted by molar-refractivity contribution is -0.385. The topological polar surface area (TPSA) is 61.6 Å². The van der Waals surface area contributed by atoms with Crippen LogP contribution in [0.2, 0.25) is 0 Å². The average molecular weight is 367 g/mol. The molecule has 6 heteroatoms. The van der Waals surface area contributed by atoms with Crippen molar-refractivity contribution in [1.82, 2.24) is 0 Å². The fourth-order valence-electron chi connectivity index (χ4n) is 2.94. The Morgan fingerprint density at radius 3 is 2.30 bits per heavy atom. The minimum absolute atomic E-state index is 0.0209. The summed E-state index contributed by atoms with van der Waals surface area (Å²) in [6, 6.07) is 14.4. The van der Waals surface area contributed by atoms with E-state index in [-0.39, 0.29) is 11.5 Å². The number of hydrogen-bond donors (Lipinski definition) is 0. The Labute approximate surface area is 156 Å². The summed E-state index contributed by atoms with van der Waals surface area (Å²) in [5.41, 5.74) is 2.68. The summed E-state index contributed by atoms with van der Waals surface area (Å²) in [6.07, 6.45) is 0. The molecule has 0 amide bonds. The lowest BCUT2D eigenvalue weighted by atomic mass is 10.0. The van der Waals surface area contributed by atoms with Gasteiger partial charge in [0.1, 0.15) is 23.1 Å². The van der Waals surface area contributed by atoms with Crippen LogP contribution >= 0.6 is 0 Å². The van der Waals surface area contributed by atoms with Crippen LogP contribution in [-0.2, 0) is 0 Å². The van der Waals surface area contributed by atoms with Crippen molar-refractivity contribution in [2.45, 2.75) is 13.8 Å². The lowest BCUT2D eigenvalue weighted by Gasteiger charge is -2.15. The predicted octanol–water partition coefficient (Wildman–Crippen LogP) is 5.82. The van der Waals surface area contributed by atoms with Gasteiger partial charge in [-0.25, -0.2) is 4.39 Å². The van der Waals surface area contributed by atoms with Crippen LogP contribution in [0.15, 0.2) is 54.6 Å². The molecular formula is C21H18FNO4. The van der Waals surface area contributed by atoms with Gasteiger partial charge in [0.25, 0.3) is 5.69 Å². The summed E-state index contributed by atoms with van der Waals surface area (Å²) >= 11 is 0. The van der Waals surface area contributed by atoms with E-state index in [1.54, 1.807) is 51.3 Å². The smallest absolute Gasteiger partial charge is 0.270 e. The largest absolute Gasteiger partial charge is 0.496 e. The SMILES string of the molecule is COc1ccc(Oc2c(C)cc([N+](=O)[O-])cc2C)cc1-c1cccc(F)c1. The number of hydrogen-bond acceptors (Lipinski definition) is 4. The van der Waals surface area contributed by atoms with Crippen LogP contribution in [0.4, 0.5) is 10.1 Å². The summed E-state index contributed by atoms with van der Waals surface area (Å²) in [7, 11) is 1.54. The summed E-state index contributed by atoms with van der Waals surface area (Å²) < 4.78 is 25.0. The molecule has 0 aliphatic carbocycles. The third kappa shape index (κ3) is 3.89. The number of benzene rings is 3. The molecule has 3 aromatic carbocycles. The Balaban J connectivity index is 2.02. The van der Waals surface area contributed by atoms with Crippen molar-refractivity contribution < 1.29 is 18.8 Å². The van der Waals surface area contributed by atoms with Gasteiger partial charge in [0, 0.05) is 17.7 Å². The molecule has 0 aliphatic heterocycles. The van der Waals surface area contributed by atoms with Gasteiger partial charge in [-0.2, -0.15) is 0 Å². The molecule has 5 nitrogen and oxygen atoms in total. The highest BCUT2D eigenvalue weighted by Gasteiger charge is 2.15. The fraction of sp³-hybridized carbons (Fsp3) is 0.143. The van der Waals surface area contributed by atoms with Crippen molar-refractivity contribution in [2.24, 2.45) is 0 Å². The Morgan fingerprint density at radius 2 is 1.70 bits per heavy atom. The molecule has 0 bridgehead atoms. The van der Waals surface area contributed by atoms with Crippen molar-refractivity contribution in [3.8, 4) is 28.4 Å². The number of nitro groups is 1. The number of aryl methyl sites for hydroxylation is 2. The van der Waals surface area contributed by atoms with Crippen LogP contribution < -0.4 is 9.47 Å². The Kier molecular flexibility index (Phi) is 5.07. The predicted molar refractivity (Wildman–Crippen MR) is 101 cm³/mol. The minimum Gasteiger partial charge on any atom is -0.496 e. The van der Waals surface area contributed by atoms with E-state index in [4.69, 9.17) is 9.47 Å². The maximum atomic E-state index is 13.6. The molecule has 0 saturated heterocycles. The summed E-state index contributed by atoms with van der Waals surface area (Å²) in [6.45, 7) is 3.51.